The normalized spacial score (nSPS) is 41.0. The molecule has 4 aliphatic rings. The van der Waals surface area contributed by atoms with E-state index in [1.165, 1.54) is 32.1 Å². The molecule has 1 N–H and O–H groups in total. The monoisotopic (exact) mass is 245 g/mol. The lowest BCUT2D eigenvalue weighted by molar-refractivity contribution is -0.00936. The van der Waals surface area contributed by atoms with Crippen molar-refractivity contribution in [3.05, 3.63) is 18.7 Å². The summed E-state index contributed by atoms with van der Waals surface area (Å²) < 4.78 is 1.55. The van der Waals surface area contributed by atoms with Gasteiger partial charge in [-0.25, -0.2) is 9.78 Å². The minimum Gasteiger partial charge on any atom is -0.334 e. The summed E-state index contributed by atoms with van der Waals surface area (Å²) in [6.45, 7) is 0. The van der Waals surface area contributed by atoms with Crippen LogP contribution >= 0.6 is 0 Å². The molecule has 0 aliphatic heterocycles. The maximum absolute atomic E-state index is 12.1. The first-order valence-corrected chi connectivity index (χ1v) is 7.08. The maximum atomic E-state index is 12.1. The van der Waals surface area contributed by atoms with Gasteiger partial charge in [-0.2, -0.15) is 0 Å². The molecule has 4 heteroatoms. The van der Waals surface area contributed by atoms with Crippen LogP contribution in [0.1, 0.15) is 32.1 Å². The molecular formula is C14H19N3O. The Balaban J connectivity index is 1.50. The molecule has 4 fully saturated rings. The number of nitrogens with one attached hydrogen (secondary N) is 1. The lowest BCUT2D eigenvalue weighted by Crippen LogP contribution is -2.56. The molecule has 4 bridgehead atoms. The van der Waals surface area contributed by atoms with Gasteiger partial charge < -0.3 is 5.32 Å². The van der Waals surface area contributed by atoms with Gasteiger partial charge in [0.25, 0.3) is 0 Å². The van der Waals surface area contributed by atoms with Gasteiger partial charge in [-0.3, -0.25) is 4.57 Å². The summed E-state index contributed by atoms with van der Waals surface area (Å²) >= 11 is 0. The van der Waals surface area contributed by atoms with Crippen molar-refractivity contribution in [1.82, 2.24) is 14.9 Å². The topological polar surface area (TPSA) is 46.9 Å². The first-order valence-electron chi connectivity index (χ1n) is 7.08. The second-order valence-corrected chi connectivity index (χ2v) is 6.38. The quantitative estimate of drug-likeness (QED) is 0.825. The van der Waals surface area contributed by atoms with Crippen LogP contribution in [0.4, 0.5) is 4.79 Å². The average Bonchev–Trinajstić information content (AvgIpc) is 2.86. The van der Waals surface area contributed by atoms with E-state index in [0.717, 1.165) is 23.7 Å². The average molecular weight is 245 g/mol. The van der Waals surface area contributed by atoms with Crippen LogP contribution in [-0.4, -0.2) is 21.6 Å². The van der Waals surface area contributed by atoms with E-state index in [2.05, 4.69) is 10.3 Å². The van der Waals surface area contributed by atoms with Crippen LogP contribution in [0.3, 0.4) is 0 Å². The highest BCUT2D eigenvalue weighted by Crippen LogP contribution is 2.53. The lowest BCUT2D eigenvalue weighted by Gasteiger charge is -2.54. The Kier molecular flexibility index (Phi) is 2.26. The summed E-state index contributed by atoms with van der Waals surface area (Å²) in [5, 5.41) is 3.25. The minimum atomic E-state index is -0.00928. The van der Waals surface area contributed by atoms with E-state index < -0.39 is 0 Å². The molecule has 1 aromatic heterocycles. The largest absolute Gasteiger partial charge is 0.334 e. The highest BCUT2D eigenvalue weighted by atomic mass is 16.2. The van der Waals surface area contributed by atoms with Gasteiger partial charge in [0.1, 0.15) is 6.33 Å². The van der Waals surface area contributed by atoms with Gasteiger partial charge in [0.05, 0.1) is 0 Å². The summed E-state index contributed by atoms with van der Waals surface area (Å²) in [5.74, 6) is 3.37. The van der Waals surface area contributed by atoms with Crippen molar-refractivity contribution in [2.75, 3.05) is 0 Å². The highest BCUT2D eigenvalue weighted by molar-refractivity contribution is 5.76. The number of hydrogen-bond acceptors (Lipinski definition) is 2. The number of imidazole rings is 1. The van der Waals surface area contributed by atoms with E-state index in [9.17, 15) is 4.79 Å². The number of rotatable bonds is 1. The van der Waals surface area contributed by atoms with Crippen molar-refractivity contribution in [3.8, 4) is 0 Å². The Bertz CT molecular complexity index is 426. The van der Waals surface area contributed by atoms with E-state index in [1.54, 1.807) is 23.3 Å². The first-order chi connectivity index (χ1) is 8.79. The fourth-order valence-corrected chi connectivity index (χ4v) is 4.76. The van der Waals surface area contributed by atoms with Crippen molar-refractivity contribution in [3.63, 3.8) is 0 Å². The molecule has 4 aliphatic carbocycles. The van der Waals surface area contributed by atoms with Crippen LogP contribution in [-0.2, 0) is 0 Å². The SMILES string of the molecule is O=C(NC1C2CC3CC(C2)CC1C3)n1ccnc1. The van der Waals surface area contributed by atoms with Gasteiger partial charge in [0, 0.05) is 18.4 Å². The zero-order valence-corrected chi connectivity index (χ0v) is 10.5. The fraction of sp³-hybridized carbons (Fsp3) is 0.714. The molecule has 0 aromatic carbocycles. The summed E-state index contributed by atoms with van der Waals surface area (Å²) in [5.41, 5.74) is 0. The number of nitrogens with zero attached hydrogens (tertiary/aromatic N) is 2. The molecule has 4 saturated carbocycles. The Labute approximate surface area is 107 Å². The summed E-state index contributed by atoms with van der Waals surface area (Å²) in [6, 6.07) is 0.401. The van der Waals surface area contributed by atoms with Crippen molar-refractivity contribution in [1.29, 1.82) is 0 Å². The van der Waals surface area contributed by atoms with Gasteiger partial charge in [0.2, 0.25) is 0 Å². The van der Waals surface area contributed by atoms with Crippen molar-refractivity contribution in [2.45, 2.75) is 38.1 Å². The molecule has 96 valence electrons. The number of carbonyl (C=O) groups excluding carboxylic acids is 1. The molecule has 0 radical (unpaired) electrons. The zero-order chi connectivity index (χ0) is 12.1. The highest BCUT2D eigenvalue weighted by Gasteiger charge is 2.48. The third-order valence-electron chi connectivity index (χ3n) is 5.26. The lowest BCUT2D eigenvalue weighted by atomic mass is 9.54. The van der Waals surface area contributed by atoms with Crippen LogP contribution in [0.2, 0.25) is 0 Å². The molecule has 4 nitrogen and oxygen atoms in total. The van der Waals surface area contributed by atoms with Crippen molar-refractivity contribution >= 4 is 6.03 Å². The van der Waals surface area contributed by atoms with E-state index in [4.69, 9.17) is 0 Å². The van der Waals surface area contributed by atoms with E-state index in [0.29, 0.717) is 6.04 Å². The van der Waals surface area contributed by atoms with Gasteiger partial charge >= 0.3 is 6.03 Å². The number of aromatic nitrogens is 2. The predicted molar refractivity (Wildman–Crippen MR) is 67.0 cm³/mol. The summed E-state index contributed by atoms with van der Waals surface area (Å²) in [7, 11) is 0. The molecule has 0 spiro atoms. The van der Waals surface area contributed by atoms with E-state index in [-0.39, 0.29) is 6.03 Å². The molecule has 1 amide bonds. The van der Waals surface area contributed by atoms with Crippen molar-refractivity contribution in [2.24, 2.45) is 23.7 Å². The second-order valence-electron chi connectivity index (χ2n) is 6.38. The van der Waals surface area contributed by atoms with E-state index in [1.807, 2.05) is 0 Å². The molecule has 0 saturated heterocycles. The standard InChI is InChI=1S/C14H19N3O/c18-14(17-2-1-15-8-17)16-13-11-4-9-3-10(6-11)7-12(13)5-9/h1-2,8-13H,3-7H2,(H,16,18). The van der Waals surface area contributed by atoms with Gasteiger partial charge in [-0.05, 0) is 55.8 Å². The number of hydrogen-bond donors (Lipinski definition) is 1. The number of amides is 1. The third-order valence-corrected chi connectivity index (χ3v) is 5.26. The van der Waals surface area contributed by atoms with Crippen LogP contribution in [0.25, 0.3) is 0 Å². The molecule has 0 atom stereocenters. The maximum Gasteiger partial charge on any atom is 0.327 e. The van der Waals surface area contributed by atoms with Gasteiger partial charge in [0.15, 0.2) is 0 Å². The fourth-order valence-electron chi connectivity index (χ4n) is 4.76. The Morgan fingerprint density at radius 2 is 1.78 bits per heavy atom. The minimum absolute atomic E-state index is 0.00928. The van der Waals surface area contributed by atoms with Crippen LogP contribution in [0, 0.1) is 23.7 Å². The first kappa shape index (κ1) is 10.6. The molecular weight excluding hydrogens is 226 g/mol. The number of carbonyl (C=O) groups is 1. The summed E-state index contributed by atoms with van der Waals surface area (Å²) in [4.78, 5) is 16.0. The van der Waals surface area contributed by atoms with Crippen LogP contribution < -0.4 is 5.32 Å². The Hall–Kier alpha value is -1.32. The summed E-state index contributed by atoms with van der Waals surface area (Å²) in [6.07, 6.45) is 11.7. The predicted octanol–water partition coefficient (Wildman–Crippen LogP) is 2.27. The Morgan fingerprint density at radius 1 is 1.11 bits per heavy atom. The van der Waals surface area contributed by atoms with Crippen molar-refractivity contribution < 1.29 is 4.79 Å². The van der Waals surface area contributed by atoms with E-state index >= 15 is 0 Å². The molecule has 18 heavy (non-hydrogen) atoms. The van der Waals surface area contributed by atoms with Crippen LogP contribution in [0.15, 0.2) is 18.7 Å². The third kappa shape index (κ3) is 1.58. The zero-order valence-electron chi connectivity index (χ0n) is 10.5. The Morgan fingerprint density at radius 3 is 2.33 bits per heavy atom. The smallest absolute Gasteiger partial charge is 0.327 e. The van der Waals surface area contributed by atoms with Gasteiger partial charge in [-0.15, -0.1) is 0 Å². The molecule has 1 heterocycles. The second kappa shape index (κ2) is 3.84. The van der Waals surface area contributed by atoms with Crippen LogP contribution in [0.5, 0.6) is 0 Å². The van der Waals surface area contributed by atoms with Gasteiger partial charge in [-0.1, -0.05) is 0 Å². The molecule has 1 aromatic rings. The molecule has 0 unspecified atom stereocenters. The molecule has 5 rings (SSSR count).